The third-order valence-corrected chi connectivity index (χ3v) is 3.34. The van der Waals surface area contributed by atoms with Crippen LogP contribution in [0.25, 0.3) is 5.69 Å². The normalized spacial score (nSPS) is 12.3. The van der Waals surface area contributed by atoms with Crippen LogP contribution in [0.3, 0.4) is 0 Å². The van der Waals surface area contributed by atoms with Gasteiger partial charge in [0.1, 0.15) is 4.60 Å². The first-order chi connectivity index (χ1) is 8.58. The Kier molecular flexibility index (Phi) is 3.81. The summed E-state index contributed by atoms with van der Waals surface area (Å²) in [7, 11) is 0. The maximum atomic E-state index is 10.8. The predicted octanol–water partition coefficient (Wildman–Crippen LogP) is 2.90. The van der Waals surface area contributed by atoms with Gasteiger partial charge in [0.25, 0.3) is 0 Å². The Morgan fingerprint density at radius 2 is 2.06 bits per heavy atom. The molecule has 2 rings (SSSR count). The van der Waals surface area contributed by atoms with E-state index < -0.39 is 5.97 Å². The number of benzene rings is 1. The molecule has 1 N–H and O–H groups in total. The van der Waals surface area contributed by atoms with Crippen LogP contribution in [0, 0.1) is 5.92 Å². The van der Waals surface area contributed by atoms with Gasteiger partial charge in [-0.25, -0.2) is 4.68 Å². The summed E-state index contributed by atoms with van der Waals surface area (Å²) in [6.07, 6.45) is 2.25. The largest absolute Gasteiger partial charge is 0.481 e. The lowest BCUT2D eigenvalue weighted by Crippen LogP contribution is -2.12. The Balaban J connectivity index is 2.16. The van der Waals surface area contributed by atoms with Crippen LogP contribution in [-0.2, 0) is 11.2 Å². The van der Waals surface area contributed by atoms with Crippen LogP contribution in [0.2, 0.25) is 0 Å². The minimum Gasteiger partial charge on any atom is -0.481 e. The summed E-state index contributed by atoms with van der Waals surface area (Å²) in [5, 5.41) is 13.0. The van der Waals surface area contributed by atoms with E-state index in [4.69, 9.17) is 5.11 Å². The molecule has 0 radical (unpaired) electrons. The van der Waals surface area contributed by atoms with Crippen molar-refractivity contribution >= 4 is 21.9 Å². The number of carbonyl (C=O) groups is 1. The Hall–Kier alpha value is -1.62. The first-order valence-corrected chi connectivity index (χ1v) is 6.39. The predicted molar refractivity (Wildman–Crippen MR) is 71.8 cm³/mol. The molecule has 0 aliphatic carbocycles. The van der Waals surface area contributed by atoms with Gasteiger partial charge in [-0.2, -0.15) is 5.10 Å². The molecule has 1 aromatic heterocycles. The molecule has 0 bridgehead atoms. The van der Waals surface area contributed by atoms with Gasteiger partial charge in [-0.1, -0.05) is 19.1 Å². The number of hydrogen-bond donors (Lipinski definition) is 1. The number of nitrogens with zero attached hydrogens (tertiary/aromatic N) is 2. The standard InChI is InChI=1S/C13H13BrN2O2/c1-9(13(17)18)8-10-2-4-11(5-3-10)16-12(14)6-7-15-16/h2-7,9H,8H2,1H3,(H,17,18). The van der Waals surface area contributed by atoms with Gasteiger partial charge >= 0.3 is 5.97 Å². The van der Waals surface area contributed by atoms with E-state index in [-0.39, 0.29) is 5.92 Å². The van der Waals surface area contributed by atoms with Gasteiger partial charge in [-0.05, 0) is 46.1 Å². The van der Waals surface area contributed by atoms with Gasteiger partial charge in [-0.15, -0.1) is 0 Å². The first kappa shape index (κ1) is 12.8. The molecule has 0 aliphatic heterocycles. The Labute approximate surface area is 113 Å². The maximum Gasteiger partial charge on any atom is 0.306 e. The van der Waals surface area contributed by atoms with Crippen molar-refractivity contribution in [2.24, 2.45) is 5.92 Å². The van der Waals surface area contributed by atoms with Crippen LogP contribution in [0.15, 0.2) is 41.1 Å². The molecular weight excluding hydrogens is 296 g/mol. The number of halogens is 1. The number of rotatable bonds is 4. The lowest BCUT2D eigenvalue weighted by atomic mass is 10.0. The second-order valence-corrected chi connectivity index (χ2v) is 4.99. The molecular formula is C13H13BrN2O2. The molecule has 0 spiro atoms. The van der Waals surface area contributed by atoms with Crippen molar-refractivity contribution in [2.75, 3.05) is 0 Å². The van der Waals surface area contributed by atoms with E-state index in [0.29, 0.717) is 6.42 Å². The molecule has 18 heavy (non-hydrogen) atoms. The SMILES string of the molecule is CC(Cc1ccc(-n2nccc2Br)cc1)C(=O)O. The zero-order valence-electron chi connectivity index (χ0n) is 9.88. The van der Waals surface area contributed by atoms with Crippen LogP contribution in [0.1, 0.15) is 12.5 Å². The second-order valence-electron chi connectivity index (χ2n) is 4.18. The lowest BCUT2D eigenvalue weighted by molar-refractivity contribution is -0.141. The molecule has 1 unspecified atom stereocenters. The third kappa shape index (κ3) is 2.79. The summed E-state index contributed by atoms with van der Waals surface area (Å²) >= 11 is 3.40. The van der Waals surface area contributed by atoms with E-state index in [0.717, 1.165) is 15.9 Å². The van der Waals surface area contributed by atoms with Crippen LogP contribution in [-0.4, -0.2) is 20.9 Å². The highest BCUT2D eigenvalue weighted by Crippen LogP contribution is 2.17. The Morgan fingerprint density at radius 1 is 1.39 bits per heavy atom. The molecule has 0 aliphatic rings. The molecule has 4 nitrogen and oxygen atoms in total. The fraction of sp³-hybridized carbons (Fsp3) is 0.231. The molecule has 2 aromatic rings. The van der Waals surface area contributed by atoms with E-state index in [1.54, 1.807) is 17.8 Å². The van der Waals surface area contributed by atoms with Crippen LogP contribution < -0.4 is 0 Å². The van der Waals surface area contributed by atoms with Gasteiger partial charge in [0.2, 0.25) is 0 Å². The van der Waals surface area contributed by atoms with Crippen LogP contribution in [0.5, 0.6) is 0 Å². The summed E-state index contributed by atoms with van der Waals surface area (Å²) in [4.78, 5) is 10.8. The molecule has 5 heteroatoms. The number of aliphatic carboxylic acids is 1. The summed E-state index contributed by atoms with van der Waals surface area (Å²) in [6.45, 7) is 1.71. The number of aromatic nitrogens is 2. The van der Waals surface area contributed by atoms with Gasteiger partial charge < -0.3 is 5.11 Å². The Bertz CT molecular complexity index is 548. The quantitative estimate of drug-likeness (QED) is 0.945. The van der Waals surface area contributed by atoms with Crippen LogP contribution >= 0.6 is 15.9 Å². The van der Waals surface area contributed by atoms with E-state index in [1.807, 2.05) is 30.3 Å². The highest BCUT2D eigenvalue weighted by Gasteiger charge is 2.11. The van der Waals surface area contributed by atoms with Crippen LogP contribution in [0.4, 0.5) is 0 Å². The van der Waals surface area contributed by atoms with Gasteiger partial charge in [0.05, 0.1) is 17.8 Å². The molecule has 0 fully saturated rings. The van der Waals surface area contributed by atoms with E-state index in [9.17, 15) is 4.79 Å². The lowest BCUT2D eigenvalue weighted by Gasteiger charge is -2.08. The highest BCUT2D eigenvalue weighted by molar-refractivity contribution is 9.10. The van der Waals surface area contributed by atoms with Crippen molar-refractivity contribution in [2.45, 2.75) is 13.3 Å². The fourth-order valence-corrected chi connectivity index (χ4v) is 2.11. The summed E-state index contributed by atoms with van der Waals surface area (Å²) in [6, 6.07) is 9.59. The number of hydrogen-bond acceptors (Lipinski definition) is 2. The van der Waals surface area contributed by atoms with Gasteiger partial charge in [-0.3, -0.25) is 4.79 Å². The number of carboxylic acids is 1. The average Bonchev–Trinajstić information content (AvgIpc) is 2.76. The molecule has 1 aromatic carbocycles. The van der Waals surface area contributed by atoms with E-state index in [1.165, 1.54) is 0 Å². The molecule has 1 atom stereocenters. The smallest absolute Gasteiger partial charge is 0.306 e. The Morgan fingerprint density at radius 3 is 2.56 bits per heavy atom. The first-order valence-electron chi connectivity index (χ1n) is 5.59. The van der Waals surface area contributed by atoms with Crippen molar-refractivity contribution in [3.63, 3.8) is 0 Å². The molecule has 0 saturated carbocycles. The maximum absolute atomic E-state index is 10.8. The fourth-order valence-electron chi connectivity index (χ4n) is 1.69. The van der Waals surface area contributed by atoms with Crippen molar-refractivity contribution in [1.82, 2.24) is 9.78 Å². The summed E-state index contributed by atoms with van der Waals surface area (Å²) < 4.78 is 2.65. The summed E-state index contributed by atoms with van der Waals surface area (Å²) in [5.41, 5.74) is 1.95. The molecule has 0 saturated heterocycles. The van der Waals surface area contributed by atoms with Gasteiger partial charge in [0, 0.05) is 0 Å². The van der Waals surface area contributed by atoms with Gasteiger partial charge in [0.15, 0.2) is 0 Å². The molecule has 0 amide bonds. The zero-order chi connectivity index (χ0) is 13.1. The van der Waals surface area contributed by atoms with Crippen molar-refractivity contribution in [3.8, 4) is 5.69 Å². The van der Waals surface area contributed by atoms with E-state index >= 15 is 0 Å². The average molecular weight is 309 g/mol. The summed E-state index contributed by atoms with van der Waals surface area (Å²) in [5.74, 6) is -1.14. The monoisotopic (exact) mass is 308 g/mol. The number of carboxylic acid groups (broad SMARTS) is 1. The zero-order valence-corrected chi connectivity index (χ0v) is 11.5. The molecule has 94 valence electrons. The second kappa shape index (κ2) is 5.35. The van der Waals surface area contributed by atoms with Crippen molar-refractivity contribution in [3.05, 3.63) is 46.7 Å². The highest BCUT2D eigenvalue weighted by atomic mass is 79.9. The minimum absolute atomic E-state index is 0.368. The third-order valence-electron chi connectivity index (χ3n) is 2.74. The minimum atomic E-state index is -0.770. The topological polar surface area (TPSA) is 55.1 Å². The van der Waals surface area contributed by atoms with Crippen molar-refractivity contribution < 1.29 is 9.90 Å². The van der Waals surface area contributed by atoms with Crippen molar-refractivity contribution in [1.29, 1.82) is 0 Å². The molecule has 1 heterocycles. The van der Waals surface area contributed by atoms with E-state index in [2.05, 4.69) is 21.0 Å².